The van der Waals surface area contributed by atoms with Crippen molar-refractivity contribution < 1.29 is 19.8 Å². The first-order valence-corrected chi connectivity index (χ1v) is 12.0. The number of benzene rings is 1. The number of carbonyl (C=O) groups excluding carboxylic acids is 1. The van der Waals surface area contributed by atoms with Crippen LogP contribution in [0.3, 0.4) is 0 Å². The lowest BCUT2D eigenvalue weighted by Gasteiger charge is -2.55. The molecule has 2 aromatic carbocycles. The third-order valence-corrected chi connectivity index (χ3v) is 7.67. The maximum atomic E-state index is 13.5. The lowest BCUT2D eigenvalue weighted by atomic mass is 9.61. The lowest BCUT2D eigenvalue weighted by molar-refractivity contribution is -0.137. The third-order valence-electron chi connectivity index (χ3n) is 7.67. The Balaban J connectivity index is 1.65. The van der Waals surface area contributed by atoms with Crippen molar-refractivity contribution >= 4 is 11.8 Å². The average Bonchev–Trinajstić information content (AvgIpc) is 2.84. The van der Waals surface area contributed by atoms with Gasteiger partial charge in [-0.1, -0.05) is 48.9 Å². The van der Waals surface area contributed by atoms with Crippen molar-refractivity contribution in [3.05, 3.63) is 84.1 Å². The topological polar surface area (TPSA) is 104 Å². The second-order valence-corrected chi connectivity index (χ2v) is 9.89. The highest BCUT2D eigenvalue weighted by Crippen LogP contribution is 2.54. The minimum absolute atomic E-state index is 0.0152. The Morgan fingerprint density at radius 3 is 2.46 bits per heavy atom. The summed E-state index contributed by atoms with van der Waals surface area (Å²) in [6.45, 7) is 7.06. The molecule has 0 bridgehead atoms. The van der Waals surface area contributed by atoms with E-state index in [1.54, 1.807) is 6.08 Å². The highest BCUT2D eigenvalue weighted by atomic mass is 16.4. The SMILES string of the molecule is C=CC1(C)C(C(=O)C(N)CCC(=O)O)=C(O)C2(CCC2)CN1Cc1ccc(-c2cc#ccc2)cc1. The van der Waals surface area contributed by atoms with E-state index in [-0.39, 0.29) is 24.2 Å². The Morgan fingerprint density at radius 2 is 1.91 bits per heavy atom. The highest BCUT2D eigenvalue weighted by molar-refractivity contribution is 6.02. The maximum absolute atomic E-state index is 13.5. The molecule has 0 radical (unpaired) electrons. The molecule has 0 saturated heterocycles. The van der Waals surface area contributed by atoms with Crippen LogP contribution in [0, 0.1) is 17.5 Å². The quantitative estimate of drug-likeness (QED) is 0.466. The largest absolute Gasteiger partial charge is 0.511 e. The normalized spacial score (nSPS) is 22.2. The van der Waals surface area contributed by atoms with Gasteiger partial charge in [0.25, 0.3) is 0 Å². The predicted molar refractivity (Wildman–Crippen MR) is 134 cm³/mol. The molecule has 4 rings (SSSR count). The molecule has 4 N–H and O–H groups in total. The van der Waals surface area contributed by atoms with Gasteiger partial charge >= 0.3 is 5.97 Å². The number of carbonyl (C=O) groups is 2. The van der Waals surface area contributed by atoms with Crippen LogP contribution in [-0.2, 0) is 16.1 Å². The summed E-state index contributed by atoms with van der Waals surface area (Å²) < 4.78 is 0. The van der Waals surface area contributed by atoms with Gasteiger partial charge in [-0.2, -0.15) is 0 Å². The number of carboxylic acids is 1. The Labute approximate surface area is 206 Å². The minimum Gasteiger partial charge on any atom is -0.511 e. The van der Waals surface area contributed by atoms with Gasteiger partial charge in [0, 0.05) is 24.9 Å². The van der Waals surface area contributed by atoms with Gasteiger partial charge in [0.15, 0.2) is 5.78 Å². The second kappa shape index (κ2) is 9.69. The second-order valence-electron chi connectivity index (χ2n) is 9.89. The van der Waals surface area contributed by atoms with Crippen LogP contribution in [-0.4, -0.2) is 45.0 Å². The number of hydrogen-bond acceptors (Lipinski definition) is 5. The molecule has 0 aromatic heterocycles. The number of hydrogen-bond donors (Lipinski definition) is 3. The molecule has 1 aliphatic carbocycles. The van der Waals surface area contributed by atoms with Crippen LogP contribution in [0.1, 0.15) is 44.6 Å². The van der Waals surface area contributed by atoms with Crippen molar-refractivity contribution in [1.82, 2.24) is 4.90 Å². The molecule has 2 aliphatic rings. The van der Waals surface area contributed by atoms with Crippen molar-refractivity contribution in [1.29, 1.82) is 0 Å². The number of aliphatic hydroxyl groups is 1. The molecule has 6 heteroatoms. The zero-order valence-electron chi connectivity index (χ0n) is 20.1. The first-order chi connectivity index (χ1) is 16.7. The number of nitrogens with zero attached hydrogens (tertiary/aromatic N) is 1. The number of aliphatic hydroxyl groups excluding tert-OH is 1. The summed E-state index contributed by atoms with van der Waals surface area (Å²) in [5.41, 5.74) is 8.20. The molecule has 2 aromatic rings. The fourth-order valence-corrected chi connectivity index (χ4v) is 5.23. The van der Waals surface area contributed by atoms with E-state index in [0.717, 1.165) is 36.0 Å². The summed E-state index contributed by atoms with van der Waals surface area (Å²) in [5, 5.41) is 20.4. The number of aliphatic carboxylic acids is 1. The zero-order valence-corrected chi connectivity index (χ0v) is 20.1. The van der Waals surface area contributed by atoms with Crippen LogP contribution >= 0.6 is 0 Å². The number of Topliss-reactive ketones (excluding diaryl/α,β-unsaturated/α-hetero) is 1. The van der Waals surface area contributed by atoms with E-state index in [1.165, 1.54) is 0 Å². The summed E-state index contributed by atoms with van der Waals surface area (Å²) in [6, 6.07) is 18.9. The summed E-state index contributed by atoms with van der Waals surface area (Å²) in [6.07, 6.45) is 4.08. The van der Waals surface area contributed by atoms with Crippen LogP contribution in [0.2, 0.25) is 0 Å². The van der Waals surface area contributed by atoms with Gasteiger partial charge in [-0.25, -0.2) is 0 Å². The van der Waals surface area contributed by atoms with Crippen LogP contribution < -0.4 is 5.73 Å². The van der Waals surface area contributed by atoms with Crippen molar-refractivity contribution in [2.24, 2.45) is 11.1 Å². The highest BCUT2D eigenvalue weighted by Gasteiger charge is 2.54. The van der Waals surface area contributed by atoms with Gasteiger partial charge in [-0.05, 0) is 61.1 Å². The van der Waals surface area contributed by atoms with Crippen LogP contribution in [0.5, 0.6) is 0 Å². The Morgan fingerprint density at radius 1 is 1.20 bits per heavy atom. The molecule has 1 saturated carbocycles. The molecule has 0 amide bonds. The van der Waals surface area contributed by atoms with E-state index in [9.17, 15) is 14.7 Å². The predicted octanol–water partition coefficient (Wildman–Crippen LogP) is 4.46. The van der Waals surface area contributed by atoms with Gasteiger partial charge in [-0.15, -0.1) is 6.58 Å². The smallest absolute Gasteiger partial charge is 0.303 e. The number of nitrogens with two attached hydrogens (primary N) is 1. The van der Waals surface area contributed by atoms with Crippen LogP contribution in [0.15, 0.2) is 66.5 Å². The first-order valence-electron chi connectivity index (χ1n) is 12.0. The Bertz CT molecular complexity index is 1140. The van der Waals surface area contributed by atoms with E-state index < -0.39 is 28.7 Å². The maximum Gasteiger partial charge on any atom is 0.303 e. The van der Waals surface area contributed by atoms with E-state index in [4.69, 9.17) is 10.8 Å². The molecule has 1 aliphatic heterocycles. The van der Waals surface area contributed by atoms with Crippen molar-refractivity contribution in [2.75, 3.05) is 6.54 Å². The molecule has 35 heavy (non-hydrogen) atoms. The van der Waals surface area contributed by atoms with Gasteiger partial charge < -0.3 is 15.9 Å². The van der Waals surface area contributed by atoms with Crippen molar-refractivity contribution in [3.8, 4) is 11.1 Å². The van der Waals surface area contributed by atoms with Gasteiger partial charge in [0.05, 0.1) is 17.2 Å². The third kappa shape index (κ3) is 4.62. The van der Waals surface area contributed by atoms with E-state index >= 15 is 0 Å². The van der Waals surface area contributed by atoms with Crippen LogP contribution in [0.25, 0.3) is 11.1 Å². The van der Waals surface area contributed by atoms with Crippen LogP contribution in [0.4, 0.5) is 0 Å². The fourth-order valence-electron chi connectivity index (χ4n) is 5.23. The number of rotatable bonds is 9. The molecule has 1 spiro atoms. The molecule has 2 atom stereocenters. The van der Waals surface area contributed by atoms with E-state index in [2.05, 4.69) is 47.9 Å². The summed E-state index contributed by atoms with van der Waals surface area (Å²) in [4.78, 5) is 26.7. The van der Waals surface area contributed by atoms with Gasteiger partial charge in [0.2, 0.25) is 0 Å². The standard InChI is InChI=1S/C29H32N2O4/c1-3-28(2)25(26(34)23(30)14-15-24(32)33)27(35)29(16-7-17-29)19-31(28)18-20-10-12-22(13-11-20)21-8-5-4-6-9-21/h3,5,8-13,23,35H,1,7,14-19,30H2,2H3,(H,32,33). The molecule has 1 fully saturated rings. The number of carboxylic acid groups (broad SMARTS) is 1. The first kappa shape index (κ1) is 24.7. The molecule has 2 unspecified atom stereocenters. The number of ketones is 1. The monoisotopic (exact) mass is 472 g/mol. The average molecular weight is 473 g/mol. The summed E-state index contributed by atoms with van der Waals surface area (Å²) in [7, 11) is 0. The molecular formula is C29H32N2O4. The lowest BCUT2D eigenvalue weighted by Crippen LogP contribution is -2.60. The molecule has 1 heterocycles. The fraction of sp³-hybridized carbons (Fsp3) is 0.379. The Hall–Kier alpha value is -3.40. The van der Waals surface area contributed by atoms with E-state index in [1.807, 2.05) is 25.1 Å². The zero-order chi connectivity index (χ0) is 25.2. The molecular weight excluding hydrogens is 440 g/mol. The Kier molecular flexibility index (Phi) is 6.84. The van der Waals surface area contributed by atoms with Gasteiger partial charge in [-0.3, -0.25) is 14.5 Å². The summed E-state index contributed by atoms with van der Waals surface area (Å²) in [5.74, 6) is -1.31. The minimum atomic E-state index is -1.01. The summed E-state index contributed by atoms with van der Waals surface area (Å²) >= 11 is 0. The van der Waals surface area contributed by atoms with Gasteiger partial charge in [0.1, 0.15) is 5.76 Å². The van der Waals surface area contributed by atoms with Crippen molar-refractivity contribution in [3.63, 3.8) is 0 Å². The molecule has 6 nitrogen and oxygen atoms in total. The van der Waals surface area contributed by atoms with E-state index in [0.29, 0.717) is 13.1 Å². The van der Waals surface area contributed by atoms with Crippen molar-refractivity contribution in [2.45, 2.75) is 57.2 Å². The molecule has 182 valence electrons.